The van der Waals surface area contributed by atoms with Crippen LogP contribution in [0.4, 0.5) is 0 Å². The molecule has 0 aromatic heterocycles. The first kappa shape index (κ1) is 52.3. The zero-order valence-corrected chi connectivity index (χ0v) is 51.9. The van der Waals surface area contributed by atoms with E-state index in [1.807, 2.05) is 218 Å². The summed E-state index contributed by atoms with van der Waals surface area (Å²) in [6.45, 7) is 0. The summed E-state index contributed by atoms with van der Waals surface area (Å²) in [6.07, 6.45) is 0. The Morgan fingerprint density at radius 3 is 0.733 bits per heavy atom. The second kappa shape index (κ2) is 21.0. The first-order chi connectivity index (χ1) is 36.3. The zero-order chi connectivity index (χ0) is 51.3. The number of halogens is 4. The molecule has 4 aliphatic rings. The zero-order valence-electron chi connectivity index (χ0n) is 38.9. The Bertz CT molecular complexity index is 3200. The molecule has 6 bridgehead atoms. The molecular weight excluding hydrogens is 1210 g/mol. The minimum atomic E-state index is -5.20. The molecule has 0 amide bonds. The summed E-state index contributed by atoms with van der Waals surface area (Å²) >= 11 is 31.3. The summed E-state index contributed by atoms with van der Waals surface area (Å²) in [4.78, 5) is 0. The lowest BCUT2D eigenvalue weighted by Crippen LogP contribution is -2.88. The predicted octanol–water partition coefficient (Wildman–Crippen LogP) is 4.95. The second-order valence-electron chi connectivity index (χ2n) is 17.1. The van der Waals surface area contributed by atoms with Gasteiger partial charge in [-0.1, -0.05) is 287 Å². The maximum absolute atomic E-state index is 8.19. The molecule has 13 nitrogen and oxygen atoms in total. The van der Waals surface area contributed by atoms with Crippen molar-refractivity contribution in [3.63, 3.8) is 0 Å². The molecule has 6 atom stereocenters. The maximum Gasteiger partial charge on any atom is 0.537 e. The van der Waals surface area contributed by atoms with E-state index in [0.29, 0.717) is 41.5 Å². The molecule has 0 spiro atoms. The van der Waals surface area contributed by atoms with Crippen LogP contribution in [-0.4, -0.2) is 85.8 Å². The van der Waals surface area contributed by atoms with E-state index in [-0.39, 0.29) is 0 Å². The Hall–Kier alpha value is -3.43. The van der Waals surface area contributed by atoms with Gasteiger partial charge in [0.25, 0.3) is 0 Å². The summed E-state index contributed by atoms with van der Waals surface area (Å²) < 4.78 is 101. The van der Waals surface area contributed by atoms with Crippen molar-refractivity contribution in [3.05, 3.63) is 243 Å². The van der Waals surface area contributed by atoms with Crippen molar-refractivity contribution in [2.45, 2.75) is 0 Å². The Kier molecular flexibility index (Phi) is 14.6. The van der Waals surface area contributed by atoms with E-state index in [1.165, 1.54) is 0 Å². The van der Waals surface area contributed by atoms with Gasteiger partial charge < -0.3 is 53.5 Å². The third-order valence-electron chi connectivity index (χ3n) is 12.0. The summed E-state index contributed by atoms with van der Waals surface area (Å²) in [5.41, 5.74) is 0. The molecule has 8 aromatic rings. The first-order valence-corrected chi connectivity index (χ1v) is 44.0. The molecule has 6 unspecified atom stereocenters. The van der Waals surface area contributed by atoms with Crippen LogP contribution in [0.15, 0.2) is 243 Å². The van der Waals surface area contributed by atoms with E-state index < -0.39 is 85.8 Å². The van der Waals surface area contributed by atoms with Crippen LogP contribution in [0.3, 0.4) is 0 Å². The monoisotopic (exact) mass is 1240 g/mol. The highest BCUT2D eigenvalue weighted by Crippen LogP contribution is 2.44. The van der Waals surface area contributed by atoms with Crippen LogP contribution in [0.5, 0.6) is 0 Å². The van der Waals surface area contributed by atoms with Gasteiger partial charge in [0.05, 0.1) is 0 Å². The number of fused-ring (bicyclic) bond motifs is 6. The van der Waals surface area contributed by atoms with E-state index in [0.717, 1.165) is 0 Å². The Balaban J connectivity index is 1.32. The van der Waals surface area contributed by atoms with Crippen LogP contribution < -0.4 is 41.5 Å². The number of benzene rings is 8. The van der Waals surface area contributed by atoms with E-state index in [4.69, 9.17) is 97.8 Å². The molecule has 4 fully saturated rings. The average Bonchev–Trinajstić information content (AvgIpc) is 3.46. The van der Waals surface area contributed by atoms with Crippen LogP contribution in [0.25, 0.3) is 0 Å². The molecule has 27 heteroatoms. The second-order valence-corrected chi connectivity index (χ2v) is 49.1. The fourth-order valence-corrected chi connectivity index (χ4v) is 58.4. The van der Waals surface area contributed by atoms with Gasteiger partial charge in [0.2, 0.25) is 0 Å². The molecule has 4 saturated heterocycles. The van der Waals surface area contributed by atoms with Gasteiger partial charge in [0.15, 0.2) is 0 Å². The predicted molar refractivity (Wildman–Crippen MR) is 304 cm³/mol. The fourth-order valence-electron chi connectivity index (χ4n) is 8.76. The normalized spacial score (nSPS) is 29.9. The van der Waals surface area contributed by atoms with Gasteiger partial charge in [-0.3, -0.25) is 0 Å². The van der Waals surface area contributed by atoms with E-state index in [1.54, 1.807) is 24.3 Å². The highest BCUT2D eigenvalue weighted by Gasteiger charge is 2.79. The van der Waals surface area contributed by atoms with E-state index in [9.17, 15) is 0 Å². The minimum absolute atomic E-state index is 0.373. The molecule has 75 heavy (non-hydrogen) atoms. The van der Waals surface area contributed by atoms with Gasteiger partial charge in [-0.05, 0) is 10.4 Å². The van der Waals surface area contributed by atoms with Gasteiger partial charge in [-0.15, -0.1) is 0 Å². The number of hydrogen-bond donors (Lipinski definition) is 0. The van der Waals surface area contributed by atoms with Crippen molar-refractivity contribution < 1.29 is 53.5 Å². The molecule has 2 radical (unpaired) electrons. The summed E-state index contributed by atoms with van der Waals surface area (Å²) in [7, 11) is -46.5. The lowest BCUT2D eigenvalue weighted by atomic mass is 10.4. The fraction of sp³-hybridized carbons (Fsp3) is 0. The lowest BCUT2D eigenvalue weighted by Gasteiger charge is -2.55. The van der Waals surface area contributed by atoms with Crippen molar-refractivity contribution in [1.82, 2.24) is 0 Å². The van der Waals surface area contributed by atoms with E-state index in [2.05, 4.69) is 0 Å². The van der Waals surface area contributed by atoms with Crippen molar-refractivity contribution in [3.8, 4) is 0 Å². The average molecular weight is 1250 g/mol. The van der Waals surface area contributed by atoms with Crippen LogP contribution in [-0.2, 0) is 53.5 Å². The van der Waals surface area contributed by atoms with Crippen LogP contribution in [0.1, 0.15) is 0 Å². The lowest BCUT2D eigenvalue weighted by molar-refractivity contribution is 0.0661. The smallest absolute Gasteiger partial charge is 0.387 e. The van der Waals surface area contributed by atoms with Crippen molar-refractivity contribution >= 4 is 172 Å². The van der Waals surface area contributed by atoms with Crippen molar-refractivity contribution in [2.24, 2.45) is 0 Å². The molecule has 8 aromatic carbocycles. The summed E-state index contributed by atoms with van der Waals surface area (Å²) in [6, 6.07) is 73.5. The van der Waals surface area contributed by atoms with Crippen LogP contribution in [0.2, 0.25) is 0 Å². The largest absolute Gasteiger partial charge is 0.537 e. The molecule has 378 valence electrons. The van der Waals surface area contributed by atoms with Gasteiger partial charge in [-0.25, -0.2) is 0 Å². The molecule has 0 aliphatic carbocycles. The molecule has 0 saturated carbocycles. The first-order valence-electron chi connectivity index (χ1n) is 23.3. The van der Waals surface area contributed by atoms with Crippen molar-refractivity contribution in [1.29, 1.82) is 0 Å². The highest BCUT2D eigenvalue weighted by atomic mass is 35.7. The Morgan fingerprint density at radius 1 is 0.213 bits per heavy atom. The third kappa shape index (κ3) is 10.4. The number of rotatable bonds is 8. The highest BCUT2D eigenvalue weighted by molar-refractivity contribution is 7.43. The molecular formula is C48H40Cl4O13Si10. The number of hydrogen-bond acceptors (Lipinski definition) is 13. The maximum atomic E-state index is 8.19. The summed E-state index contributed by atoms with van der Waals surface area (Å²) in [5.74, 6) is 0. The quantitative estimate of drug-likeness (QED) is 0.151. The topological polar surface area (TPSA) is 120 Å². The van der Waals surface area contributed by atoms with Gasteiger partial charge in [0.1, 0.15) is 0 Å². The van der Waals surface area contributed by atoms with Crippen molar-refractivity contribution in [2.75, 3.05) is 0 Å². The molecule has 0 N–H and O–H groups in total. The molecule has 12 rings (SSSR count). The summed E-state index contributed by atoms with van der Waals surface area (Å²) in [5, 5.41) is 3.50. The molecule has 4 heterocycles. The minimum Gasteiger partial charge on any atom is -0.387 e. The Labute approximate surface area is 464 Å². The van der Waals surface area contributed by atoms with Gasteiger partial charge in [-0.2, -0.15) is 0 Å². The van der Waals surface area contributed by atoms with Gasteiger partial charge >= 0.3 is 85.8 Å². The third-order valence-corrected chi connectivity index (χ3v) is 51.6. The van der Waals surface area contributed by atoms with Gasteiger partial charge in [0, 0.05) is 31.1 Å². The standard InChI is InChI=1S/C48H40Cl4O13Si10/c49-74(50)56-67(42-27-11-2-12-28-42)55-68(43-29-13-3-14-30-43)57-70(45-33-17-5-18-34-45)54-66(41-25-9-1-10-26-41)53-69(44-31-15-4-16-32-44)59-72(64-74,47-37-21-7-22-38-47)61-71(58-68,46-35-19-6-20-36-46)62-73(60-69,65-75(51,52)63-70)48-39-23-8-24-40-48/h1-40H. The Morgan fingerprint density at radius 2 is 0.413 bits per heavy atom. The van der Waals surface area contributed by atoms with Crippen LogP contribution >= 0.6 is 44.3 Å². The SMILES string of the molecule is Cl[Si]1(Cl)O[Si](c2ccccc2)O[Si]2(c3ccccc3)O[Si]3(c4ccccc4)O[Si](c4ccccc4)O[Si]4(c5ccccc5)O[Si](c5ccccc5)(O1)O[Si](c1ccccc1)(O2)O[Si](c1ccccc1)(O[Si](Cl)(Cl)O3)O4. The molecule has 4 aliphatic heterocycles. The van der Waals surface area contributed by atoms with E-state index >= 15 is 0 Å². The van der Waals surface area contributed by atoms with Crippen LogP contribution in [0, 0.1) is 0 Å².